The zero-order valence-corrected chi connectivity index (χ0v) is 18.4. The Kier molecular flexibility index (Phi) is 5.79. The number of likely N-dealkylation sites (tertiary alicyclic amines) is 1. The molecule has 1 saturated heterocycles. The number of carboxylic acid groups (broad SMARTS) is 1. The number of alkyl carbamates (subject to hydrolysis) is 1. The summed E-state index contributed by atoms with van der Waals surface area (Å²) in [6.07, 6.45) is 2.55. The van der Waals surface area contributed by atoms with Crippen molar-refractivity contribution < 1.29 is 24.2 Å². The van der Waals surface area contributed by atoms with Crippen molar-refractivity contribution in [1.82, 2.24) is 10.2 Å². The summed E-state index contributed by atoms with van der Waals surface area (Å²) in [7, 11) is 0. The second-order valence-electron chi connectivity index (χ2n) is 9.21. The van der Waals surface area contributed by atoms with Crippen molar-refractivity contribution in [2.45, 2.75) is 50.1 Å². The molecule has 2 atom stereocenters. The molecule has 2 amide bonds. The molecular weight excluding hydrogens is 420 g/mol. The Morgan fingerprint density at radius 2 is 1.64 bits per heavy atom. The zero-order valence-electron chi connectivity index (χ0n) is 18.4. The van der Waals surface area contributed by atoms with Crippen LogP contribution in [0.25, 0.3) is 11.1 Å². The molecule has 0 bridgehead atoms. The third-order valence-corrected chi connectivity index (χ3v) is 7.05. The normalized spacial score (nSPS) is 20.1. The molecule has 1 unspecified atom stereocenters. The van der Waals surface area contributed by atoms with Crippen molar-refractivity contribution >= 4 is 18.0 Å². The van der Waals surface area contributed by atoms with Crippen molar-refractivity contribution in [2.24, 2.45) is 5.92 Å². The fourth-order valence-corrected chi connectivity index (χ4v) is 5.30. The maximum Gasteiger partial charge on any atom is 0.407 e. The van der Waals surface area contributed by atoms with Crippen LogP contribution in [0.2, 0.25) is 0 Å². The molecule has 7 nitrogen and oxygen atoms in total. The van der Waals surface area contributed by atoms with E-state index in [1.807, 2.05) is 24.3 Å². The van der Waals surface area contributed by atoms with E-state index in [-0.39, 0.29) is 36.8 Å². The van der Waals surface area contributed by atoms with Crippen LogP contribution in [0.3, 0.4) is 0 Å². The lowest BCUT2D eigenvalue weighted by Gasteiger charge is -2.28. The minimum absolute atomic E-state index is 0.0447. The molecule has 2 aliphatic carbocycles. The topological polar surface area (TPSA) is 95.9 Å². The quantitative estimate of drug-likeness (QED) is 0.672. The number of benzene rings is 2. The number of nitrogens with zero attached hydrogens (tertiary/aromatic N) is 1. The van der Waals surface area contributed by atoms with Crippen LogP contribution in [0.1, 0.15) is 49.1 Å². The van der Waals surface area contributed by atoms with Gasteiger partial charge in [0.1, 0.15) is 12.6 Å². The van der Waals surface area contributed by atoms with Gasteiger partial charge in [-0.1, -0.05) is 48.5 Å². The SMILES string of the molecule is O=C(O)C[C@@H]1CCCN1C(=O)C(NC(=O)OCC1c2ccccc2-c2ccccc21)C1CC1. The number of carbonyl (C=O) groups is 3. The van der Waals surface area contributed by atoms with Gasteiger partial charge in [0.05, 0.1) is 6.42 Å². The van der Waals surface area contributed by atoms with E-state index in [1.165, 1.54) is 0 Å². The van der Waals surface area contributed by atoms with E-state index in [9.17, 15) is 14.4 Å². The van der Waals surface area contributed by atoms with Gasteiger partial charge in [-0.05, 0) is 53.9 Å². The van der Waals surface area contributed by atoms with Crippen LogP contribution in [0.15, 0.2) is 48.5 Å². The summed E-state index contributed by atoms with van der Waals surface area (Å²) in [5, 5.41) is 12.0. The van der Waals surface area contributed by atoms with Crippen LogP contribution in [-0.4, -0.2) is 53.2 Å². The minimum atomic E-state index is -0.910. The summed E-state index contributed by atoms with van der Waals surface area (Å²) in [6, 6.07) is 15.3. The molecule has 1 heterocycles. The predicted octanol–water partition coefficient (Wildman–Crippen LogP) is 3.77. The number of aliphatic carboxylic acids is 1. The van der Waals surface area contributed by atoms with Gasteiger partial charge in [0.2, 0.25) is 5.91 Å². The summed E-state index contributed by atoms with van der Waals surface area (Å²) >= 11 is 0. The number of nitrogens with one attached hydrogen (secondary N) is 1. The Bertz CT molecular complexity index is 1030. The van der Waals surface area contributed by atoms with Crippen molar-refractivity contribution in [3.8, 4) is 11.1 Å². The largest absolute Gasteiger partial charge is 0.481 e. The molecule has 33 heavy (non-hydrogen) atoms. The van der Waals surface area contributed by atoms with Gasteiger partial charge < -0.3 is 20.1 Å². The lowest BCUT2D eigenvalue weighted by atomic mass is 9.98. The molecule has 2 aromatic carbocycles. The number of amides is 2. The Labute approximate surface area is 192 Å². The van der Waals surface area contributed by atoms with Crippen molar-refractivity contribution in [3.63, 3.8) is 0 Å². The molecule has 0 aromatic heterocycles. The van der Waals surface area contributed by atoms with E-state index in [0.717, 1.165) is 41.5 Å². The first-order chi connectivity index (χ1) is 16.0. The van der Waals surface area contributed by atoms with E-state index in [0.29, 0.717) is 13.0 Å². The highest BCUT2D eigenvalue weighted by Gasteiger charge is 2.43. The molecule has 1 aliphatic heterocycles. The van der Waals surface area contributed by atoms with Gasteiger partial charge >= 0.3 is 12.1 Å². The van der Waals surface area contributed by atoms with Crippen LogP contribution in [0.4, 0.5) is 4.79 Å². The summed E-state index contributed by atoms with van der Waals surface area (Å²) in [4.78, 5) is 38.8. The average molecular weight is 449 g/mol. The molecular formula is C26H28N2O5. The number of rotatable bonds is 7. The molecule has 7 heteroatoms. The number of carbonyl (C=O) groups excluding carboxylic acids is 2. The maximum absolute atomic E-state index is 13.2. The molecule has 0 spiro atoms. The van der Waals surface area contributed by atoms with Gasteiger partial charge in [-0.3, -0.25) is 9.59 Å². The molecule has 1 saturated carbocycles. The van der Waals surface area contributed by atoms with Crippen LogP contribution in [0.5, 0.6) is 0 Å². The van der Waals surface area contributed by atoms with E-state index >= 15 is 0 Å². The summed E-state index contributed by atoms with van der Waals surface area (Å²) < 4.78 is 5.64. The van der Waals surface area contributed by atoms with Crippen molar-refractivity contribution in [1.29, 1.82) is 0 Å². The molecule has 172 valence electrons. The van der Waals surface area contributed by atoms with Gasteiger partial charge in [0, 0.05) is 18.5 Å². The fourth-order valence-electron chi connectivity index (χ4n) is 5.30. The predicted molar refractivity (Wildman–Crippen MR) is 122 cm³/mol. The number of carboxylic acids is 1. The molecule has 0 radical (unpaired) electrons. The first-order valence-electron chi connectivity index (χ1n) is 11.7. The smallest absolute Gasteiger partial charge is 0.407 e. The number of ether oxygens (including phenoxy) is 1. The highest BCUT2D eigenvalue weighted by Crippen LogP contribution is 2.44. The highest BCUT2D eigenvalue weighted by atomic mass is 16.5. The summed E-state index contributed by atoms with van der Waals surface area (Å²) in [5.74, 6) is -1.05. The van der Waals surface area contributed by atoms with Crippen LogP contribution in [-0.2, 0) is 14.3 Å². The number of hydrogen-bond acceptors (Lipinski definition) is 4. The third-order valence-electron chi connectivity index (χ3n) is 7.05. The lowest BCUT2D eigenvalue weighted by molar-refractivity contribution is -0.140. The molecule has 2 N–H and O–H groups in total. The van der Waals surface area contributed by atoms with Crippen LogP contribution < -0.4 is 5.32 Å². The molecule has 2 aromatic rings. The second-order valence-corrected chi connectivity index (χ2v) is 9.21. The standard InChI is InChI=1S/C26H28N2O5/c29-23(30)14-17-6-5-13-28(17)25(31)24(16-11-12-16)27-26(32)33-15-22-20-9-3-1-7-18(20)19-8-2-4-10-21(19)22/h1-4,7-10,16-17,22,24H,5-6,11-15H2,(H,27,32)(H,29,30)/t17-,24?/m0/s1. The van der Waals surface area contributed by atoms with E-state index in [2.05, 4.69) is 29.6 Å². The average Bonchev–Trinajstić information content (AvgIpc) is 3.47. The van der Waals surface area contributed by atoms with Gasteiger partial charge in [0.25, 0.3) is 0 Å². The summed E-state index contributed by atoms with van der Waals surface area (Å²) in [6.45, 7) is 0.725. The van der Waals surface area contributed by atoms with E-state index in [4.69, 9.17) is 9.84 Å². The maximum atomic E-state index is 13.2. The van der Waals surface area contributed by atoms with Gasteiger partial charge in [-0.25, -0.2) is 4.79 Å². The number of fused-ring (bicyclic) bond motifs is 3. The first-order valence-corrected chi connectivity index (χ1v) is 11.7. The highest BCUT2D eigenvalue weighted by molar-refractivity contribution is 5.87. The lowest BCUT2D eigenvalue weighted by Crippen LogP contribution is -2.51. The molecule has 5 rings (SSSR count). The van der Waals surface area contributed by atoms with E-state index < -0.39 is 18.1 Å². The van der Waals surface area contributed by atoms with Gasteiger partial charge in [0.15, 0.2) is 0 Å². The van der Waals surface area contributed by atoms with Crippen LogP contribution >= 0.6 is 0 Å². The first kappa shape index (κ1) is 21.5. The van der Waals surface area contributed by atoms with Gasteiger partial charge in [-0.15, -0.1) is 0 Å². The Morgan fingerprint density at radius 1 is 1.00 bits per heavy atom. The fraction of sp³-hybridized carbons (Fsp3) is 0.423. The third kappa shape index (κ3) is 4.32. The van der Waals surface area contributed by atoms with Crippen molar-refractivity contribution in [2.75, 3.05) is 13.2 Å². The van der Waals surface area contributed by atoms with Crippen molar-refractivity contribution in [3.05, 3.63) is 59.7 Å². The monoisotopic (exact) mass is 448 g/mol. The van der Waals surface area contributed by atoms with Crippen LogP contribution in [0, 0.1) is 5.92 Å². The molecule has 2 fully saturated rings. The Balaban J connectivity index is 1.25. The van der Waals surface area contributed by atoms with E-state index in [1.54, 1.807) is 4.90 Å². The molecule has 3 aliphatic rings. The Hall–Kier alpha value is -3.35. The van der Waals surface area contributed by atoms with Gasteiger partial charge in [-0.2, -0.15) is 0 Å². The zero-order chi connectivity index (χ0) is 22.9. The number of hydrogen-bond donors (Lipinski definition) is 2. The summed E-state index contributed by atoms with van der Waals surface area (Å²) in [5.41, 5.74) is 4.59. The minimum Gasteiger partial charge on any atom is -0.481 e. The second kappa shape index (κ2) is 8.89. The Morgan fingerprint density at radius 3 is 2.24 bits per heavy atom.